The second kappa shape index (κ2) is 5.20. The first-order chi connectivity index (χ1) is 8.10. The maximum atomic E-state index is 11.6. The van der Waals surface area contributed by atoms with Crippen LogP contribution in [0.25, 0.3) is 0 Å². The molecule has 0 aromatic carbocycles. The molecule has 0 bridgehead atoms. The van der Waals surface area contributed by atoms with Crippen molar-refractivity contribution in [3.63, 3.8) is 0 Å². The lowest BCUT2D eigenvalue weighted by Gasteiger charge is -2.26. The van der Waals surface area contributed by atoms with Crippen molar-refractivity contribution in [2.75, 3.05) is 26.4 Å². The highest BCUT2D eigenvalue weighted by Gasteiger charge is 2.39. The van der Waals surface area contributed by atoms with E-state index in [2.05, 4.69) is 10.6 Å². The van der Waals surface area contributed by atoms with Crippen LogP contribution in [0.2, 0.25) is 0 Å². The summed E-state index contributed by atoms with van der Waals surface area (Å²) >= 11 is 0. The Labute approximate surface area is 101 Å². The topological polar surface area (TPSA) is 79.8 Å². The van der Waals surface area contributed by atoms with Crippen LogP contribution in [-0.2, 0) is 9.47 Å². The van der Waals surface area contributed by atoms with Gasteiger partial charge in [-0.25, -0.2) is 4.79 Å². The van der Waals surface area contributed by atoms with Gasteiger partial charge in [-0.1, -0.05) is 0 Å². The average molecular weight is 244 g/mol. The monoisotopic (exact) mass is 244 g/mol. The van der Waals surface area contributed by atoms with Crippen molar-refractivity contribution in [3.05, 3.63) is 0 Å². The van der Waals surface area contributed by atoms with Crippen LogP contribution in [0.1, 0.15) is 19.8 Å². The zero-order valence-corrected chi connectivity index (χ0v) is 10.1. The number of ether oxygens (including phenoxy) is 2. The van der Waals surface area contributed by atoms with Crippen molar-refractivity contribution in [1.29, 1.82) is 0 Å². The van der Waals surface area contributed by atoms with Crippen molar-refractivity contribution in [2.24, 2.45) is 0 Å². The van der Waals surface area contributed by atoms with Gasteiger partial charge in [0.25, 0.3) is 0 Å². The Morgan fingerprint density at radius 3 is 2.94 bits per heavy atom. The number of rotatable bonds is 3. The number of aliphatic hydroxyl groups is 1. The molecule has 3 atom stereocenters. The first-order valence-corrected chi connectivity index (χ1v) is 6.06. The quantitative estimate of drug-likeness (QED) is 0.632. The van der Waals surface area contributed by atoms with Gasteiger partial charge < -0.3 is 25.2 Å². The summed E-state index contributed by atoms with van der Waals surface area (Å²) in [6.07, 6.45) is 1.16. The highest BCUT2D eigenvalue weighted by Crippen LogP contribution is 2.24. The van der Waals surface area contributed by atoms with E-state index in [1.165, 1.54) is 0 Å². The van der Waals surface area contributed by atoms with Gasteiger partial charge in [-0.15, -0.1) is 0 Å². The van der Waals surface area contributed by atoms with Crippen molar-refractivity contribution in [2.45, 2.75) is 37.5 Å². The van der Waals surface area contributed by atoms with Crippen molar-refractivity contribution >= 4 is 6.03 Å². The average Bonchev–Trinajstić information content (AvgIpc) is 2.89. The molecule has 2 aliphatic rings. The number of hydrogen-bond donors (Lipinski definition) is 3. The van der Waals surface area contributed by atoms with Crippen molar-refractivity contribution in [3.8, 4) is 0 Å². The molecule has 6 nitrogen and oxygen atoms in total. The molecule has 2 heterocycles. The summed E-state index contributed by atoms with van der Waals surface area (Å²) in [6, 6.07) is -0.171. The molecule has 0 aromatic heterocycles. The van der Waals surface area contributed by atoms with Gasteiger partial charge in [0.1, 0.15) is 5.60 Å². The van der Waals surface area contributed by atoms with E-state index in [9.17, 15) is 9.90 Å². The standard InChI is InChI=1S/C11H20N2O4/c1-8-11(15,3-5-17-8)7-12-10(14)13-9-2-4-16-6-9/h8-9,15H,2-7H2,1H3,(H2,12,13,14). The molecule has 0 saturated carbocycles. The number of hydrogen-bond acceptors (Lipinski definition) is 4. The minimum Gasteiger partial charge on any atom is -0.385 e. The van der Waals surface area contributed by atoms with E-state index in [0.29, 0.717) is 26.2 Å². The lowest BCUT2D eigenvalue weighted by molar-refractivity contribution is -0.0243. The second-order valence-corrected chi connectivity index (χ2v) is 4.75. The largest absolute Gasteiger partial charge is 0.385 e. The highest BCUT2D eigenvalue weighted by atomic mass is 16.5. The summed E-state index contributed by atoms with van der Waals surface area (Å²) in [7, 11) is 0. The predicted molar refractivity (Wildman–Crippen MR) is 60.7 cm³/mol. The van der Waals surface area contributed by atoms with E-state index >= 15 is 0 Å². The number of urea groups is 1. The minimum atomic E-state index is -0.941. The van der Waals surface area contributed by atoms with E-state index in [4.69, 9.17) is 9.47 Å². The fourth-order valence-electron chi connectivity index (χ4n) is 2.12. The zero-order chi connectivity index (χ0) is 12.3. The summed E-state index contributed by atoms with van der Waals surface area (Å²) < 4.78 is 10.5. The van der Waals surface area contributed by atoms with Gasteiger partial charge in [0.05, 0.1) is 25.3 Å². The molecule has 2 amide bonds. The highest BCUT2D eigenvalue weighted by molar-refractivity contribution is 5.74. The number of amides is 2. The van der Waals surface area contributed by atoms with Crippen molar-refractivity contribution in [1.82, 2.24) is 10.6 Å². The van der Waals surface area contributed by atoms with E-state index in [0.717, 1.165) is 6.42 Å². The molecular weight excluding hydrogens is 224 g/mol. The van der Waals surface area contributed by atoms with E-state index in [1.54, 1.807) is 0 Å². The summed E-state index contributed by atoms with van der Waals surface area (Å²) in [5.41, 5.74) is -0.941. The molecule has 0 spiro atoms. The molecule has 0 aromatic rings. The van der Waals surface area contributed by atoms with Gasteiger partial charge in [0.15, 0.2) is 0 Å². The van der Waals surface area contributed by atoms with Crippen LogP contribution in [0, 0.1) is 0 Å². The first kappa shape index (κ1) is 12.6. The molecular formula is C11H20N2O4. The fraction of sp³-hybridized carbons (Fsp3) is 0.909. The van der Waals surface area contributed by atoms with Gasteiger partial charge in [-0.05, 0) is 13.3 Å². The molecule has 3 N–H and O–H groups in total. The van der Waals surface area contributed by atoms with Crippen LogP contribution in [0.4, 0.5) is 4.79 Å². The van der Waals surface area contributed by atoms with Crippen LogP contribution in [-0.4, -0.2) is 55.2 Å². The van der Waals surface area contributed by atoms with Gasteiger partial charge in [0.2, 0.25) is 0 Å². The predicted octanol–water partition coefficient (Wildman–Crippen LogP) is -0.386. The molecule has 98 valence electrons. The molecule has 2 rings (SSSR count). The van der Waals surface area contributed by atoms with E-state index in [1.807, 2.05) is 6.92 Å². The third kappa shape index (κ3) is 3.08. The Morgan fingerprint density at radius 1 is 1.53 bits per heavy atom. The molecule has 6 heteroatoms. The van der Waals surface area contributed by atoms with E-state index < -0.39 is 5.60 Å². The molecule has 2 saturated heterocycles. The molecule has 0 radical (unpaired) electrons. The Morgan fingerprint density at radius 2 is 2.35 bits per heavy atom. The van der Waals surface area contributed by atoms with E-state index in [-0.39, 0.29) is 24.7 Å². The lowest BCUT2D eigenvalue weighted by atomic mass is 9.97. The Kier molecular flexibility index (Phi) is 3.86. The number of nitrogens with one attached hydrogen (secondary N) is 2. The number of carbonyl (C=O) groups is 1. The first-order valence-electron chi connectivity index (χ1n) is 6.06. The normalized spacial score (nSPS) is 37.1. The minimum absolute atomic E-state index is 0.0851. The zero-order valence-electron chi connectivity index (χ0n) is 10.1. The SMILES string of the molecule is CC1OCCC1(O)CNC(=O)NC1CCOC1. The Bertz CT molecular complexity index is 281. The van der Waals surface area contributed by atoms with Gasteiger partial charge in [0, 0.05) is 19.6 Å². The third-order valence-corrected chi connectivity index (χ3v) is 3.48. The van der Waals surface area contributed by atoms with Crippen LogP contribution in [0.3, 0.4) is 0 Å². The van der Waals surface area contributed by atoms with Crippen molar-refractivity contribution < 1.29 is 19.4 Å². The fourth-order valence-corrected chi connectivity index (χ4v) is 2.12. The lowest BCUT2D eigenvalue weighted by Crippen LogP contribution is -2.51. The summed E-state index contributed by atoms with van der Waals surface area (Å²) in [5.74, 6) is 0. The van der Waals surface area contributed by atoms with Crippen LogP contribution >= 0.6 is 0 Å². The van der Waals surface area contributed by atoms with Crippen LogP contribution in [0.15, 0.2) is 0 Å². The molecule has 2 aliphatic heterocycles. The number of carbonyl (C=O) groups excluding carboxylic acids is 1. The van der Waals surface area contributed by atoms with Gasteiger partial charge >= 0.3 is 6.03 Å². The maximum Gasteiger partial charge on any atom is 0.315 e. The third-order valence-electron chi connectivity index (χ3n) is 3.48. The van der Waals surface area contributed by atoms with Crippen LogP contribution < -0.4 is 10.6 Å². The molecule has 0 aliphatic carbocycles. The maximum absolute atomic E-state index is 11.6. The molecule has 3 unspecified atom stereocenters. The second-order valence-electron chi connectivity index (χ2n) is 4.75. The molecule has 17 heavy (non-hydrogen) atoms. The summed E-state index contributed by atoms with van der Waals surface area (Å²) in [4.78, 5) is 11.6. The Hall–Kier alpha value is -0.850. The Balaban J connectivity index is 1.71. The smallest absolute Gasteiger partial charge is 0.315 e. The van der Waals surface area contributed by atoms with Gasteiger partial charge in [-0.3, -0.25) is 0 Å². The summed E-state index contributed by atoms with van der Waals surface area (Å²) in [5, 5.41) is 15.7. The summed E-state index contributed by atoms with van der Waals surface area (Å²) in [6.45, 7) is 3.83. The van der Waals surface area contributed by atoms with Crippen LogP contribution in [0.5, 0.6) is 0 Å². The molecule has 2 fully saturated rings. The van der Waals surface area contributed by atoms with Gasteiger partial charge in [-0.2, -0.15) is 0 Å².